The average Bonchev–Trinajstić information content (AvgIpc) is 2.40. The van der Waals surface area contributed by atoms with Gasteiger partial charge in [0, 0.05) is 5.69 Å². The Balaban J connectivity index is 0.000000486. The fourth-order valence-corrected chi connectivity index (χ4v) is 2.13. The van der Waals surface area contributed by atoms with Crippen LogP contribution in [0.3, 0.4) is 0 Å². The van der Waals surface area contributed by atoms with Gasteiger partial charge in [0.2, 0.25) is 10.0 Å². The van der Waals surface area contributed by atoms with Gasteiger partial charge >= 0.3 is 5.97 Å². The van der Waals surface area contributed by atoms with Crippen molar-refractivity contribution in [3.8, 4) is 0 Å². The molecule has 1 aromatic rings. The molecule has 0 atom stereocenters. The summed E-state index contributed by atoms with van der Waals surface area (Å²) in [6.07, 6.45) is 1.03. The van der Waals surface area contributed by atoms with Crippen LogP contribution in [0.25, 0.3) is 0 Å². The predicted molar refractivity (Wildman–Crippen MR) is 85.3 cm³/mol. The maximum absolute atomic E-state index is 10.8. The molecular weight excluding hydrogens is 292 g/mol. The lowest BCUT2D eigenvalue weighted by molar-refractivity contribution is 0.0697. The summed E-state index contributed by atoms with van der Waals surface area (Å²) in [5.41, 5.74) is 0.460. The second-order valence-electron chi connectivity index (χ2n) is 4.38. The zero-order chi connectivity index (χ0) is 16.5. The lowest BCUT2D eigenvalue weighted by Crippen LogP contribution is -2.21. The fraction of sp³-hybridized carbons (Fsp3) is 0.500. The molecule has 0 aromatic heterocycles. The molecule has 21 heavy (non-hydrogen) atoms. The third-order valence-corrected chi connectivity index (χ3v) is 3.38. The Morgan fingerprint density at radius 2 is 1.52 bits per heavy atom. The Morgan fingerprint density at radius 3 is 1.76 bits per heavy atom. The quantitative estimate of drug-likeness (QED) is 0.839. The average molecular weight is 316 g/mol. The third-order valence-electron chi connectivity index (χ3n) is 2.78. The van der Waals surface area contributed by atoms with Gasteiger partial charge < -0.3 is 10.0 Å². The second kappa shape index (κ2) is 9.36. The van der Waals surface area contributed by atoms with E-state index in [0.717, 1.165) is 6.26 Å². The first-order valence-electron chi connectivity index (χ1n) is 6.76. The van der Waals surface area contributed by atoms with Gasteiger partial charge in [-0.15, -0.1) is 0 Å². The smallest absolute Gasteiger partial charge is 0.335 e. The van der Waals surface area contributed by atoms with E-state index in [2.05, 4.69) is 30.4 Å². The van der Waals surface area contributed by atoms with Crippen LogP contribution in [0.1, 0.15) is 31.1 Å². The third kappa shape index (κ3) is 9.04. The van der Waals surface area contributed by atoms with Crippen molar-refractivity contribution in [2.45, 2.75) is 20.8 Å². The van der Waals surface area contributed by atoms with E-state index < -0.39 is 16.0 Å². The summed E-state index contributed by atoms with van der Waals surface area (Å²) < 4.78 is 23.8. The molecule has 0 spiro atoms. The number of carboxylic acid groups (broad SMARTS) is 1. The minimum Gasteiger partial charge on any atom is -0.478 e. The standard InChI is InChI=1S/C8H9NO4S.C6H15N/c1-14(12,13)9-7-4-2-6(3-5-7)8(10)11;1-4-7(5-2)6-3/h2-5,9H,1H3,(H,10,11);4-6H2,1-3H3. The largest absolute Gasteiger partial charge is 0.478 e. The Kier molecular flexibility index (Phi) is 8.64. The summed E-state index contributed by atoms with van der Waals surface area (Å²) in [5, 5.41) is 8.57. The number of rotatable bonds is 6. The number of hydrogen-bond donors (Lipinski definition) is 2. The highest BCUT2D eigenvalue weighted by atomic mass is 32.2. The van der Waals surface area contributed by atoms with E-state index in [4.69, 9.17) is 5.11 Å². The zero-order valence-electron chi connectivity index (χ0n) is 13.0. The lowest BCUT2D eigenvalue weighted by Gasteiger charge is -2.13. The number of carbonyl (C=O) groups is 1. The van der Waals surface area contributed by atoms with E-state index in [9.17, 15) is 13.2 Å². The lowest BCUT2D eigenvalue weighted by atomic mass is 10.2. The van der Waals surface area contributed by atoms with E-state index in [-0.39, 0.29) is 5.56 Å². The minimum atomic E-state index is -3.31. The van der Waals surface area contributed by atoms with Crippen LogP contribution in [0.5, 0.6) is 0 Å². The van der Waals surface area contributed by atoms with Crippen molar-refractivity contribution in [3.05, 3.63) is 29.8 Å². The fourth-order valence-electron chi connectivity index (χ4n) is 1.57. The van der Waals surface area contributed by atoms with Gasteiger partial charge in [0.15, 0.2) is 0 Å². The number of aromatic carboxylic acids is 1. The number of anilines is 1. The number of benzene rings is 1. The molecule has 0 aliphatic rings. The summed E-state index contributed by atoms with van der Waals surface area (Å²) in [6, 6.07) is 5.45. The summed E-state index contributed by atoms with van der Waals surface area (Å²) in [4.78, 5) is 12.8. The van der Waals surface area contributed by atoms with Crippen LogP contribution in [-0.2, 0) is 10.0 Å². The normalized spacial score (nSPS) is 10.7. The van der Waals surface area contributed by atoms with Crippen LogP contribution in [0, 0.1) is 0 Å². The van der Waals surface area contributed by atoms with Crippen molar-refractivity contribution in [1.29, 1.82) is 0 Å². The molecule has 0 heterocycles. The van der Waals surface area contributed by atoms with Crippen molar-refractivity contribution in [1.82, 2.24) is 4.90 Å². The maximum Gasteiger partial charge on any atom is 0.335 e. The minimum absolute atomic E-state index is 0.115. The molecule has 0 bridgehead atoms. The first kappa shape index (κ1) is 19.4. The van der Waals surface area contributed by atoms with Crippen molar-refractivity contribution in [2.24, 2.45) is 0 Å². The van der Waals surface area contributed by atoms with Crippen LogP contribution in [0.15, 0.2) is 24.3 Å². The van der Waals surface area contributed by atoms with Gasteiger partial charge in [0.25, 0.3) is 0 Å². The van der Waals surface area contributed by atoms with Gasteiger partial charge in [-0.2, -0.15) is 0 Å². The topological polar surface area (TPSA) is 86.7 Å². The highest BCUT2D eigenvalue weighted by Gasteiger charge is 2.04. The van der Waals surface area contributed by atoms with E-state index >= 15 is 0 Å². The van der Waals surface area contributed by atoms with Crippen LogP contribution in [0.4, 0.5) is 5.69 Å². The molecule has 1 aromatic carbocycles. The highest BCUT2D eigenvalue weighted by Crippen LogP contribution is 2.10. The summed E-state index contributed by atoms with van der Waals surface area (Å²) >= 11 is 0. The van der Waals surface area contributed by atoms with E-state index in [0.29, 0.717) is 5.69 Å². The SMILES string of the molecule is CCN(CC)CC.CS(=O)(=O)Nc1ccc(C(=O)O)cc1. The van der Waals surface area contributed by atoms with Crippen LogP contribution < -0.4 is 4.72 Å². The molecule has 0 aliphatic carbocycles. The monoisotopic (exact) mass is 316 g/mol. The first-order chi connectivity index (χ1) is 9.73. The van der Waals surface area contributed by atoms with Gasteiger partial charge in [0.05, 0.1) is 11.8 Å². The summed E-state index contributed by atoms with van der Waals surface area (Å²) in [6.45, 7) is 10.1. The zero-order valence-corrected chi connectivity index (χ0v) is 13.8. The van der Waals surface area contributed by atoms with Crippen molar-refractivity contribution in [2.75, 3.05) is 30.6 Å². The highest BCUT2D eigenvalue weighted by molar-refractivity contribution is 7.92. The molecule has 2 N–H and O–H groups in total. The molecule has 0 amide bonds. The number of hydrogen-bond acceptors (Lipinski definition) is 4. The van der Waals surface area contributed by atoms with Crippen LogP contribution >= 0.6 is 0 Å². The van der Waals surface area contributed by atoms with Gasteiger partial charge in [-0.3, -0.25) is 4.72 Å². The number of carboxylic acids is 1. The molecule has 0 saturated carbocycles. The second-order valence-corrected chi connectivity index (χ2v) is 6.12. The molecule has 1 rings (SSSR count). The number of nitrogens with zero attached hydrogens (tertiary/aromatic N) is 1. The van der Waals surface area contributed by atoms with Crippen molar-refractivity contribution >= 4 is 21.7 Å². The molecule has 7 heteroatoms. The first-order valence-corrected chi connectivity index (χ1v) is 8.66. The predicted octanol–water partition coefficient (Wildman–Crippen LogP) is 2.10. The Labute approximate surface area is 126 Å². The molecule has 120 valence electrons. The number of nitrogens with one attached hydrogen (secondary N) is 1. The van der Waals surface area contributed by atoms with Gasteiger partial charge in [-0.25, -0.2) is 13.2 Å². The Hall–Kier alpha value is -1.60. The molecule has 0 saturated heterocycles. The van der Waals surface area contributed by atoms with Crippen LogP contribution in [-0.4, -0.2) is 50.3 Å². The van der Waals surface area contributed by atoms with E-state index in [1.165, 1.54) is 43.9 Å². The molecule has 0 aliphatic heterocycles. The summed E-state index contributed by atoms with van der Waals surface area (Å²) in [5.74, 6) is -1.05. The van der Waals surface area contributed by atoms with Gasteiger partial charge in [-0.05, 0) is 43.9 Å². The van der Waals surface area contributed by atoms with Crippen molar-refractivity contribution < 1.29 is 18.3 Å². The molecule has 0 fully saturated rings. The number of sulfonamides is 1. The Bertz CT molecular complexity index is 517. The van der Waals surface area contributed by atoms with Gasteiger partial charge in [0.1, 0.15) is 0 Å². The summed E-state index contributed by atoms with van der Waals surface area (Å²) in [7, 11) is -3.31. The molecular formula is C14H24N2O4S. The van der Waals surface area contributed by atoms with Gasteiger partial charge in [-0.1, -0.05) is 20.8 Å². The molecule has 6 nitrogen and oxygen atoms in total. The van der Waals surface area contributed by atoms with E-state index in [1.807, 2.05) is 0 Å². The van der Waals surface area contributed by atoms with E-state index in [1.54, 1.807) is 0 Å². The van der Waals surface area contributed by atoms with Crippen LogP contribution in [0.2, 0.25) is 0 Å². The van der Waals surface area contributed by atoms with Crippen molar-refractivity contribution in [3.63, 3.8) is 0 Å². The Morgan fingerprint density at radius 1 is 1.10 bits per heavy atom. The maximum atomic E-state index is 10.8. The molecule has 0 radical (unpaired) electrons. The molecule has 0 unspecified atom stereocenters.